The minimum absolute atomic E-state index is 0.0173. The fraction of sp³-hybridized carbons (Fsp3) is 0.633. The van der Waals surface area contributed by atoms with Crippen LogP contribution in [0, 0.1) is 0 Å². The van der Waals surface area contributed by atoms with Crippen molar-refractivity contribution in [1.82, 2.24) is 10.3 Å². The van der Waals surface area contributed by atoms with E-state index >= 15 is 0 Å². The Hall–Kier alpha value is -3.34. The number of urea groups is 1. The molecule has 0 aliphatic rings. The van der Waals surface area contributed by atoms with E-state index in [9.17, 15) is 19.2 Å². The van der Waals surface area contributed by atoms with Gasteiger partial charge in [0.25, 0.3) is 0 Å². The summed E-state index contributed by atoms with van der Waals surface area (Å²) in [6.45, 7) is 2.21. The molecule has 0 saturated carbocycles. The van der Waals surface area contributed by atoms with E-state index in [1.807, 2.05) is 0 Å². The third-order valence-electron chi connectivity index (χ3n) is 6.88. The molecule has 0 radical (unpaired) electrons. The number of amides is 3. The third kappa shape index (κ3) is 14.5. The normalized spacial score (nSPS) is 12.5. The van der Waals surface area contributed by atoms with E-state index in [0.717, 1.165) is 25.7 Å². The number of carbonyl (C=O) groups is 4. The number of benzene rings is 1. The van der Waals surface area contributed by atoms with Crippen molar-refractivity contribution < 1.29 is 33.4 Å². The first-order valence-electron chi connectivity index (χ1n) is 15.0. The van der Waals surface area contributed by atoms with Gasteiger partial charge in [0.1, 0.15) is 17.7 Å². The largest absolute Gasteiger partial charge is 0.481 e. The van der Waals surface area contributed by atoms with Crippen molar-refractivity contribution in [3.05, 3.63) is 23.2 Å². The molecule has 2 atom stereocenters. The van der Waals surface area contributed by atoms with E-state index in [1.54, 1.807) is 18.2 Å². The maximum atomic E-state index is 13.1. The lowest BCUT2D eigenvalue weighted by atomic mass is 10.0. The number of unbranched alkanes of at least 4 members (excludes halogenated alkanes) is 10. The SMILES string of the molecule is CCCCCCCCCCCCC[C@@H](CC(N)=O)OC(=O)[C@H](CCCC(=O)O)NC(=O)Nc1nc2cc(Cl)ccc2o1. The lowest BCUT2D eigenvalue weighted by molar-refractivity contribution is -0.153. The second kappa shape index (κ2) is 19.7. The summed E-state index contributed by atoms with van der Waals surface area (Å²) in [4.78, 5) is 52.5. The van der Waals surface area contributed by atoms with Gasteiger partial charge in [-0.15, -0.1) is 0 Å². The van der Waals surface area contributed by atoms with Crippen LogP contribution in [0.5, 0.6) is 0 Å². The van der Waals surface area contributed by atoms with Crippen molar-refractivity contribution >= 4 is 52.6 Å². The quantitative estimate of drug-likeness (QED) is 0.0842. The molecule has 5 N–H and O–H groups in total. The Morgan fingerprint density at radius 1 is 0.976 bits per heavy atom. The van der Waals surface area contributed by atoms with Crippen LogP contribution in [-0.2, 0) is 19.1 Å². The first-order valence-corrected chi connectivity index (χ1v) is 15.4. The van der Waals surface area contributed by atoms with Crippen LogP contribution in [0.1, 0.15) is 110 Å². The fourth-order valence-electron chi connectivity index (χ4n) is 4.66. The lowest BCUT2D eigenvalue weighted by Crippen LogP contribution is -2.45. The van der Waals surface area contributed by atoms with Gasteiger partial charge in [0.2, 0.25) is 5.91 Å². The number of oxazole rings is 1. The molecule has 1 aromatic heterocycles. The molecule has 0 fully saturated rings. The number of nitrogens with two attached hydrogens (primary N) is 1. The van der Waals surface area contributed by atoms with Crippen molar-refractivity contribution in [3.63, 3.8) is 0 Å². The predicted octanol–water partition coefficient (Wildman–Crippen LogP) is 6.71. The van der Waals surface area contributed by atoms with Gasteiger partial charge in [-0.2, -0.15) is 4.98 Å². The summed E-state index contributed by atoms with van der Waals surface area (Å²) in [7, 11) is 0. The molecule has 3 amide bonds. The number of nitrogens with zero attached hydrogens (tertiary/aromatic N) is 1. The number of primary amides is 1. The van der Waals surface area contributed by atoms with Gasteiger partial charge in [0.05, 0.1) is 6.42 Å². The Labute approximate surface area is 252 Å². The number of carboxylic acids is 1. The monoisotopic (exact) mass is 608 g/mol. The molecule has 0 spiro atoms. The number of hydrogen-bond acceptors (Lipinski definition) is 7. The molecule has 1 aromatic carbocycles. The number of hydrogen-bond donors (Lipinski definition) is 4. The number of carbonyl (C=O) groups excluding carboxylic acids is 3. The number of rotatable bonds is 22. The Morgan fingerprint density at radius 3 is 2.24 bits per heavy atom. The maximum absolute atomic E-state index is 13.1. The highest BCUT2D eigenvalue weighted by Gasteiger charge is 2.27. The summed E-state index contributed by atoms with van der Waals surface area (Å²) in [6, 6.07) is 2.74. The van der Waals surface area contributed by atoms with Crippen molar-refractivity contribution in [1.29, 1.82) is 0 Å². The first-order chi connectivity index (χ1) is 20.2. The second-order valence-electron chi connectivity index (χ2n) is 10.6. The lowest BCUT2D eigenvalue weighted by Gasteiger charge is -2.22. The van der Waals surface area contributed by atoms with Crippen molar-refractivity contribution in [2.45, 2.75) is 122 Å². The summed E-state index contributed by atoms with van der Waals surface area (Å²) in [6.07, 6.45) is 12.4. The molecule has 0 bridgehead atoms. The summed E-state index contributed by atoms with van der Waals surface area (Å²) in [5.74, 6) is -2.39. The average molecular weight is 609 g/mol. The number of esters is 1. The van der Waals surface area contributed by atoms with E-state index in [1.165, 1.54) is 44.9 Å². The second-order valence-corrected chi connectivity index (χ2v) is 11.1. The van der Waals surface area contributed by atoms with Gasteiger partial charge >= 0.3 is 24.0 Å². The molecule has 0 saturated heterocycles. The Bertz CT molecular complexity index is 1140. The minimum atomic E-state index is -1.16. The molecular formula is C30H45ClN4O7. The van der Waals surface area contributed by atoms with Gasteiger partial charge in [-0.05, 0) is 43.9 Å². The first kappa shape index (κ1) is 34.9. The Balaban J connectivity index is 1.87. The topological polar surface area (TPSA) is 174 Å². The molecular weight excluding hydrogens is 564 g/mol. The van der Waals surface area contributed by atoms with Gasteiger partial charge in [0.15, 0.2) is 5.58 Å². The van der Waals surface area contributed by atoms with Crippen LogP contribution in [0.2, 0.25) is 5.02 Å². The standard InChI is InChI=1S/C30H45ClN4O7/c1-2-3-4-5-6-7-8-9-10-11-12-14-22(20-26(32)36)41-28(39)23(15-13-16-27(37)38)33-29(40)35-30-34-24-19-21(31)17-18-25(24)42-30/h17-19,22-23H,2-16,20H2,1H3,(H2,32,36)(H,37,38)(H2,33,34,35,40)/t22-,23-/m0/s1. The number of nitrogens with one attached hydrogen (secondary N) is 2. The van der Waals surface area contributed by atoms with Crippen molar-refractivity contribution in [2.75, 3.05) is 5.32 Å². The predicted molar refractivity (Wildman–Crippen MR) is 161 cm³/mol. The molecule has 0 unspecified atom stereocenters. The van der Waals surface area contributed by atoms with Crippen LogP contribution in [0.15, 0.2) is 22.6 Å². The number of fused-ring (bicyclic) bond motifs is 1. The van der Waals surface area contributed by atoms with E-state index in [4.69, 9.17) is 31.6 Å². The summed E-state index contributed by atoms with van der Waals surface area (Å²) < 4.78 is 11.1. The summed E-state index contributed by atoms with van der Waals surface area (Å²) in [5.41, 5.74) is 6.24. The van der Waals surface area contributed by atoms with Crippen molar-refractivity contribution in [3.8, 4) is 0 Å². The van der Waals surface area contributed by atoms with Crippen LogP contribution < -0.4 is 16.4 Å². The fourth-order valence-corrected chi connectivity index (χ4v) is 4.83. The van der Waals surface area contributed by atoms with E-state index in [2.05, 4.69) is 22.5 Å². The highest BCUT2D eigenvalue weighted by molar-refractivity contribution is 6.31. The molecule has 2 aromatic rings. The van der Waals surface area contributed by atoms with Gasteiger partial charge in [-0.1, -0.05) is 82.7 Å². The molecule has 2 rings (SSSR count). The highest BCUT2D eigenvalue weighted by atomic mass is 35.5. The van der Waals surface area contributed by atoms with Gasteiger partial charge in [-0.3, -0.25) is 14.9 Å². The number of halogens is 1. The average Bonchev–Trinajstić information content (AvgIpc) is 3.31. The number of ether oxygens (including phenoxy) is 1. The highest BCUT2D eigenvalue weighted by Crippen LogP contribution is 2.22. The zero-order valence-electron chi connectivity index (χ0n) is 24.5. The van der Waals surface area contributed by atoms with E-state index in [-0.39, 0.29) is 31.7 Å². The Kier molecular flexibility index (Phi) is 16.4. The van der Waals surface area contributed by atoms with Crippen molar-refractivity contribution in [2.24, 2.45) is 5.73 Å². The smallest absolute Gasteiger partial charge is 0.328 e. The van der Waals surface area contributed by atoms with E-state index in [0.29, 0.717) is 22.5 Å². The van der Waals surface area contributed by atoms with Gasteiger partial charge < -0.3 is 25.3 Å². The zero-order chi connectivity index (χ0) is 30.7. The maximum Gasteiger partial charge on any atom is 0.328 e. The molecule has 0 aliphatic carbocycles. The van der Waals surface area contributed by atoms with Crippen LogP contribution in [-0.4, -0.2) is 46.1 Å². The number of aromatic nitrogens is 1. The van der Waals surface area contributed by atoms with Gasteiger partial charge in [0, 0.05) is 11.4 Å². The zero-order valence-corrected chi connectivity index (χ0v) is 25.3. The van der Waals surface area contributed by atoms with E-state index < -0.39 is 36.0 Å². The van der Waals surface area contributed by atoms with Gasteiger partial charge in [-0.25, -0.2) is 9.59 Å². The van der Waals surface area contributed by atoms with Crippen LogP contribution >= 0.6 is 11.6 Å². The molecule has 0 aliphatic heterocycles. The third-order valence-corrected chi connectivity index (χ3v) is 7.12. The molecule has 12 heteroatoms. The molecule has 1 heterocycles. The summed E-state index contributed by atoms with van der Waals surface area (Å²) >= 11 is 5.96. The van der Waals surface area contributed by atoms with Crippen LogP contribution in [0.3, 0.4) is 0 Å². The molecule has 42 heavy (non-hydrogen) atoms. The number of carboxylic acid groups (broad SMARTS) is 1. The molecule has 234 valence electrons. The minimum Gasteiger partial charge on any atom is -0.481 e. The number of anilines is 1. The summed E-state index contributed by atoms with van der Waals surface area (Å²) in [5, 5.41) is 14.4. The van der Waals surface area contributed by atoms with Crippen LogP contribution in [0.25, 0.3) is 11.1 Å². The Morgan fingerprint density at radius 2 is 1.62 bits per heavy atom. The number of aliphatic carboxylic acids is 1. The van der Waals surface area contributed by atoms with Crippen LogP contribution in [0.4, 0.5) is 10.8 Å². The molecule has 11 nitrogen and oxygen atoms in total.